The van der Waals surface area contributed by atoms with Crippen LogP contribution >= 0.6 is 7.82 Å². The largest absolute Gasteiger partial charge is 0.472 e. The number of aliphatic hydroxyl groups excluding tert-OH is 2. The molecule has 3 N–H and O–H groups in total. The average Bonchev–Trinajstić information content (AvgIpc) is 3.19. The fourth-order valence-corrected chi connectivity index (χ4v) is 7.11. The van der Waals surface area contributed by atoms with E-state index in [4.69, 9.17) is 23.6 Å². The Morgan fingerprint density at radius 3 is 1.41 bits per heavy atom. The number of ether oxygens (including phenoxy) is 2. The Morgan fingerprint density at radius 1 is 0.536 bits per heavy atom. The highest BCUT2D eigenvalue weighted by atomic mass is 31.2. The van der Waals surface area contributed by atoms with E-state index in [0.29, 0.717) is 12.8 Å². The van der Waals surface area contributed by atoms with Crippen molar-refractivity contribution in [3.05, 3.63) is 24.3 Å². The van der Waals surface area contributed by atoms with Gasteiger partial charge in [0.1, 0.15) is 12.7 Å². The zero-order chi connectivity index (χ0) is 41.2. The van der Waals surface area contributed by atoms with Gasteiger partial charge in [-0.1, -0.05) is 179 Å². The molecule has 330 valence electrons. The fourth-order valence-electron chi connectivity index (χ4n) is 6.32. The molecule has 0 aliphatic carbocycles. The predicted octanol–water partition coefficient (Wildman–Crippen LogP) is 12.2. The molecule has 0 fully saturated rings. The summed E-state index contributed by atoms with van der Waals surface area (Å²) in [6.07, 6.45) is 41.4. The third-order valence-electron chi connectivity index (χ3n) is 9.86. The Kier molecular flexibility index (Phi) is 40.5. The Bertz CT molecular complexity index is 988. The monoisotopic (exact) mass is 817 g/mol. The molecular weight excluding hydrogens is 731 g/mol. The summed E-state index contributed by atoms with van der Waals surface area (Å²) in [6, 6.07) is 0. The van der Waals surface area contributed by atoms with Gasteiger partial charge in [-0.25, -0.2) is 4.57 Å². The molecule has 0 spiro atoms. The van der Waals surface area contributed by atoms with Crippen LogP contribution in [0.3, 0.4) is 0 Å². The van der Waals surface area contributed by atoms with Crippen molar-refractivity contribution in [2.75, 3.05) is 26.4 Å². The summed E-state index contributed by atoms with van der Waals surface area (Å²) in [5, 5.41) is 18.3. The number of phosphoric ester groups is 1. The molecule has 0 aromatic carbocycles. The molecule has 0 amide bonds. The van der Waals surface area contributed by atoms with Crippen molar-refractivity contribution in [1.82, 2.24) is 0 Å². The molecule has 0 heterocycles. The molecule has 10 nitrogen and oxygen atoms in total. The van der Waals surface area contributed by atoms with Crippen LogP contribution < -0.4 is 0 Å². The van der Waals surface area contributed by atoms with Gasteiger partial charge in [0, 0.05) is 12.8 Å². The number of carbonyl (C=O) groups is 2. The van der Waals surface area contributed by atoms with E-state index in [1.54, 1.807) is 0 Å². The van der Waals surface area contributed by atoms with Crippen molar-refractivity contribution >= 4 is 19.8 Å². The van der Waals surface area contributed by atoms with Crippen LogP contribution in [0.2, 0.25) is 0 Å². The smallest absolute Gasteiger partial charge is 0.462 e. The van der Waals surface area contributed by atoms with Gasteiger partial charge in [-0.3, -0.25) is 18.6 Å². The summed E-state index contributed by atoms with van der Waals surface area (Å²) in [4.78, 5) is 35.0. The molecule has 11 heteroatoms. The van der Waals surface area contributed by atoms with Crippen LogP contribution in [0.1, 0.15) is 213 Å². The van der Waals surface area contributed by atoms with Gasteiger partial charge in [-0.2, -0.15) is 0 Å². The van der Waals surface area contributed by atoms with Crippen LogP contribution in [0.5, 0.6) is 0 Å². The molecule has 56 heavy (non-hydrogen) atoms. The molecule has 0 radical (unpaired) electrons. The molecule has 0 bridgehead atoms. The van der Waals surface area contributed by atoms with Gasteiger partial charge < -0.3 is 24.6 Å². The number of hydrogen-bond acceptors (Lipinski definition) is 9. The number of carbonyl (C=O) groups excluding carboxylic acids is 2. The molecule has 3 atom stereocenters. The standard InChI is InChI=1S/C45H85O10P/c1-3-5-7-9-11-13-15-17-19-20-21-22-23-25-26-28-30-32-34-36-44(48)52-40-43(41-54-56(50,51)53-39-42(47)38-46)55-45(49)37-35-33-31-29-27-24-18-16-14-12-10-8-6-4-2/h11,13,17,19,42-43,46-47H,3-10,12,14-16,18,20-41H2,1-2H3,(H,50,51)/b13-11+,19-17+/t42-,43+/m1/s1. The number of unbranched alkanes of at least 4 members (excludes halogenated alkanes) is 25. The zero-order valence-electron chi connectivity index (χ0n) is 35.9. The topological polar surface area (TPSA) is 149 Å². The van der Waals surface area contributed by atoms with Crippen LogP contribution in [0.4, 0.5) is 0 Å². The van der Waals surface area contributed by atoms with E-state index in [1.807, 2.05) is 0 Å². The van der Waals surface area contributed by atoms with Gasteiger partial charge in [0.05, 0.1) is 19.8 Å². The minimum Gasteiger partial charge on any atom is -0.462 e. The first-order chi connectivity index (χ1) is 27.2. The third kappa shape index (κ3) is 40.6. The van der Waals surface area contributed by atoms with Gasteiger partial charge >= 0.3 is 19.8 Å². The van der Waals surface area contributed by atoms with Gasteiger partial charge in [0.25, 0.3) is 0 Å². The number of aliphatic hydroxyl groups is 2. The van der Waals surface area contributed by atoms with E-state index in [0.717, 1.165) is 51.4 Å². The zero-order valence-corrected chi connectivity index (χ0v) is 36.8. The van der Waals surface area contributed by atoms with E-state index >= 15 is 0 Å². The Balaban J connectivity index is 4.23. The first-order valence-electron chi connectivity index (χ1n) is 22.8. The van der Waals surface area contributed by atoms with Crippen LogP contribution in [0.25, 0.3) is 0 Å². The first-order valence-corrected chi connectivity index (χ1v) is 24.3. The maximum Gasteiger partial charge on any atom is 0.472 e. The average molecular weight is 817 g/mol. The van der Waals surface area contributed by atoms with E-state index in [2.05, 4.69) is 38.2 Å². The van der Waals surface area contributed by atoms with Gasteiger partial charge in [-0.15, -0.1) is 0 Å². The molecule has 0 aromatic rings. The Morgan fingerprint density at radius 2 is 0.929 bits per heavy atom. The maximum absolute atomic E-state index is 12.6. The van der Waals surface area contributed by atoms with Crippen molar-refractivity contribution in [1.29, 1.82) is 0 Å². The van der Waals surface area contributed by atoms with Gasteiger partial charge in [0.15, 0.2) is 6.10 Å². The van der Waals surface area contributed by atoms with Crippen molar-refractivity contribution in [2.45, 2.75) is 225 Å². The second-order valence-electron chi connectivity index (χ2n) is 15.4. The molecule has 0 aliphatic rings. The molecule has 0 aromatic heterocycles. The summed E-state index contributed by atoms with van der Waals surface area (Å²) in [5.74, 6) is -0.921. The molecule has 0 aliphatic heterocycles. The summed E-state index contributed by atoms with van der Waals surface area (Å²) in [7, 11) is -4.61. The second kappa shape index (κ2) is 41.6. The van der Waals surface area contributed by atoms with Crippen molar-refractivity contribution < 1.29 is 47.8 Å². The van der Waals surface area contributed by atoms with E-state index in [-0.39, 0.29) is 19.4 Å². The number of rotatable bonds is 43. The summed E-state index contributed by atoms with van der Waals surface area (Å²) in [6.45, 7) is 2.38. The molecule has 0 saturated heterocycles. The van der Waals surface area contributed by atoms with Crippen LogP contribution in [0, 0.1) is 0 Å². The normalized spacial score (nSPS) is 14.0. The maximum atomic E-state index is 12.6. The lowest BCUT2D eigenvalue weighted by atomic mass is 10.0. The highest BCUT2D eigenvalue weighted by Gasteiger charge is 2.27. The van der Waals surface area contributed by atoms with Crippen LogP contribution in [-0.2, 0) is 32.7 Å². The van der Waals surface area contributed by atoms with Crippen molar-refractivity contribution in [3.8, 4) is 0 Å². The lowest BCUT2D eigenvalue weighted by Gasteiger charge is -2.20. The summed E-state index contributed by atoms with van der Waals surface area (Å²) < 4.78 is 32.7. The van der Waals surface area contributed by atoms with Crippen LogP contribution in [-0.4, -0.2) is 65.7 Å². The van der Waals surface area contributed by atoms with Crippen LogP contribution in [0.15, 0.2) is 24.3 Å². The van der Waals surface area contributed by atoms with E-state index in [9.17, 15) is 24.2 Å². The second-order valence-corrected chi connectivity index (χ2v) is 16.9. The fraction of sp³-hybridized carbons (Fsp3) is 0.867. The highest BCUT2D eigenvalue weighted by Crippen LogP contribution is 2.43. The highest BCUT2D eigenvalue weighted by molar-refractivity contribution is 7.47. The lowest BCUT2D eigenvalue weighted by Crippen LogP contribution is -2.29. The Hall–Kier alpha value is -1.55. The molecule has 0 rings (SSSR count). The minimum absolute atomic E-state index is 0.188. The van der Waals surface area contributed by atoms with E-state index < -0.39 is 51.8 Å². The SMILES string of the molecule is CCCCC/C=C/C/C=C/CCCCCCCCCCCC(=O)OC[C@@H](COP(=O)(O)OC[C@H](O)CO)OC(=O)CCCCCCCCCCCCCCCC. The minimum atomic E-state index is -4.61. The molecule has 0 saturated carbocycles. The van der Waals surface area contributed by atoms with Gasteiger partial charge in [-0.05, 0) is 44.9 Å². The number of hydrogen-bond donors (Lipinski definition) is 3. The number of esters is 2. The molecular formula is C45H85O10P. The Labute approximate surface area is 342 Å². The number of phosphoric acid groups is 1. The third-order valence-corrected chi connectivity index (χ3v) is 10.8. The first kappa shape index (κ1) is 54.5. The molecule has 1 unspecified atom stereocenters. The van der Waals surface area contributed by atoms with Crippen molar-refractivity contribution in [2.24, 2.45) is 0 Å². The van der Waals surface area contributed by atoms with Gasteiger partial charge in [0.2, 0.25) is 0 Å². The quantitative estimate of drug-likeness (QED) is 0.0235. The predicted molar refractivity (Wildman–Crippen MR) is 228 cm³/mol. The lowest BCUT2D eigenvalue weighted by molar-refractivity contribution is -0.161. The number of allylic oxidation sites excluding steroid dienone is 4. The van der Waals surface area contributed by atoms with Crippen molar-refractivity contribution in [3.63, 3.8) is 0 Å². The summed E-state index contributed by atoms with van der Waals surface area (Å²) in [5.41, 5.74) is 0. The summed E-state index contributed by atoms with van der Waals surface area (Å²) >= 11 is 0. The van der Waals surface area contributed by atoms with E-state index in [1.165, 1.54) is 122 Å².